The number of aliphatic hydroxyl groups is 3. The van der Waals surface area contributed by atoms with Crippen molar-refractivity contribution in [1.29, 1.82) is 0 Å². The standard InChI is InChI=1S/C26H25N5O4/c1-28-21-18(12-9-15-7-10-17(11-8-15)16-5-3-2-4-6-16)31(25-20(21)24(27)29-14-30-25)26-23(34)22(33)19(13-32)35-26/h2-8,10-11,14,19,22-23,26,32-34H,9,12-13H2,(H2,27,29,30)/t19-,22-,23-,26?/m1/s1. The number of benzene rings is 2. The molecule has 2 aromatic heterocycles. The zero-order valence-electron chi connectivity index (χ0n) is 18.8. The van der Waals surface area contributed by atoms with Gasteiger partial charge in [0.05, 0.1) is 18.6 Å². The molecular weight excluding hydrogens is 446 g/mol. The summed E-state index contributed by atoms with van der Waals surface area (Å²) in [5, 5.41) is 31.0. The molecule has 0 saturated carbocycles. The van der Waals surface area contributed by atoms with Crippen molar-refractivity contribution in [2.45, 2.75) is 37.4 Å². The number of aromatic nitrogens is 3. The molecule has 0 aliphatic carbocycles. The van der Waals surface area contributed by atoms with Crippen LogP contribution in [0.5, 0.6) is 0 Å². The summed E-state index contributed by atoms with van der Waals surface area (Å²) in [6.45, 7) is 7.37. The third kappa shape index (κ3) is 4.03. The molecule has 5 rings (SSSR count). The van der Waals surface area contributed by atoms with E-state index < -0.39 is 31.1 Å². The number of aryl methyl sites for hydroxylation is 1. The fourth-order valence-corrected chi connectivity index (χ4v) is 4.67. The lowest BCUT2D eigenvalue weighted by molar-refractivity contribution is -0.0518. The minimum Gasteiger partial charge on any atom is -0.394 e. The van der Waals surface area contributed by atoms with Gasteiger partial charge in [-0.2, -0.15) is 0 Å². The van der Waals surface area contributed by atoms with Gasteiger partial charge in [0.25, 0.3) is 0 Å². The van der Waals surface area contributed by atoms with Crippen LogP contribution in [0.25, 0.3) is 27.0 Å². The summed E-state index contributed by atoms with van der Waals surface area (Å²) in [6, 6.07) is 18.3. The quantitative estimate of drug-likeness (QED) is 0.318. The van der Waals surface area contributed by atoms with Crippen molar-refractivity contribution in [3.63, 3.8) is 0 Å². The highest BCUT2D eigenvalue weighted by molar-refractivity contribution is 6.00. The molecule has 4 aromatic rings. The zero-order valence-corrected chi connectivity index (χ0v) is 18.8. The molecule has 1 aliphatic rings. The first kappa shape index (κ1) is 23.0. The molecule has 0 spiro atoms. The van der Waals surface area contributed by atoms with E-state index in [1.807, 2.05) is 30.3 Å². The SMILES string of the molecule is [C-]#[N+]c1c(CCc2ccc(-c3ccccc3)cc2)n(C2O[C@H](CO)[C@@H](O)[C@H]2O)c2ncnc(N)c12. The van der Waals surface area contributed by atoms with Crippen LogP contribution in [0.15, 0.2) is 60.9 Å². The van der Waals surface area contributed by atoms with Gasteiger partial charge in [0.1, 0.15) is 36.1 Å². The van der Waals surface area contributed by atoms with Crippen LogP contribution in [0.2, 0.25) is 0 Å². The molecule has 0 bridgehead atoms. The Morgan fingerprint density at radius 1 is 0.971 bits per heavy atom. The lowest BCUT2D eigenvalue weighted by Crippen LogP contribution is -2.33. The molecule has 3 heterocycles. The summed E-state index contributed by atoms with van der Waals surface area (Å²) < 4.78 is 7.41. The Balaban J connectivity index is 1.52. The van der Waals surface area contributed by atoms with Gasteiger partial charge in [0.15, 0.2) is 6.23 Å². The van der Waals surface area contributed by atoms with Crippen molar-refractivity contribution in [1.82, 2.24) is 14.5 Å². The van der Waals surface area contributed by atoms with Crippen LogP contribution in [0, 0.1) is 6.57 Å². The van der Waals surface area contributed by atoms with E-state index in [4.69, 9.17) is 17.0 Å². The predicted molar refractivity (Wildman–Crippen MR) is 130 cm³/mol. The average Bonchev–Trinajstić information content (AvgIpc) is 3.37. The highest BCUT2D eigenvalue weighted by atomic mass is 16.6. The van der Waals surface area contributed by atoms with E-state index in [0.29, 0.717) is 29.6 Å². The normalized spacial score (nSPS) is 21.9. The highest BCUT2D eigenvalue weighted by Crippen LogP contribution is 2.41. The number of anilines is 1. The number of hydrogen-bond donors (Lipinski definition) is 4. The number of aliphatic hydroxyl groups excluding tert-OH is 3. The number of nitrogens with two attached hydrogens (primary N) is 1. The first-order valence-electron chi connectivity index (χ1n) is 11.3. The van der Waals surface area contributed by atoms with Gasteiger partial charge in [0.2, 0.25) is 5.69 Å². The minimum atomic E-state index is -1.32. The van der Waals surface area contributed by atoms with Crippen molar-refractivity contribution in [2.24, 2.45) is 0 Å². The molecule has 0 radical (unpaired) electrons. The monoisotopic (exact) mass is 471 g/mol. The van der Waals surface area contributed by atoms with Gasteiger partial charge in [-0.15, -0.1) is 0 Å². The highest BCUT2D eigenvalue weighted by Gasteiger charge is 2.45. The topological polar surface area (TPSA) is 131 Å². The van der Waals surface area contributed by atoms with Gasteiger partial charge in [-0.05, 0) is 29.5 Å². The molecule has 4 atom stereocenters. The summed E-state index contributed by atoms with van der Waals surface area (Å²) in [7, 11) is 0. The Bertz CT molecular complexity index is 1380. The third-order valence-corrected chi connectivity index (χ3v) is 6.48. The minimum absolute atomic E-state index is 0.153. The maximum atomic E-state index is 10.7. The van der Waals surface area contributed by atoms with Crippen LogP contribution in [0.4, 0.5) is 11.5 Å². The molecule has 1 saturated heterocycles. The Morgan fingerprint density at radius 3 is 2.34 bits per heavy atom. The summed E-state index contributed by atoms with van der Waals surface area (Å²) in [5.74, 6) is 0.153. The lowest BCUT2D eigenvalue weighted by atomic mass is 10.0. The van der Waals surface area contributed by atoms with Crippen LogP contribution < -0.4 is 5.73 Å². The first-order valence-corrected chi connectivity index (χ1v) is 11.3. The molecule has 2 aromatic carbocycles. The maximum Gasteiger partial charge on any atom is 0.220 e. The maximum absolute atomic E-state index is 10.7. The summed E-state index contributed by atoms with van der Waals surface area (Å²) in [6.07, 6.45) is -2.26. The van der Waals surface area contributed by atoms with Gasteiger partial charge < -0.3 is 30.4 Å². The average molecular weight is 472 g/mol. The second-order valence-corrected chi connectivity index (χ2v) is 8.53. The predicted octanol–water partition coefficient (Wildman–Crippen LogP) is 2.63. The number of fused-ring (bicyclic) bond motifs is 1. The van der Waals surface area contributed by atoms with E-state index in [1.54, 1.807) is 4.57 Å². The van der Waals surface area contributed by atoms with Gasteiger partial charge in [-0.1, -0.05) is 54.6 Å². The molecule has 35 heavy (non-hydrogen) atoms. The number of ether oxygens (including phenoxy) is 1. The Morgan fingerprint density at radius 2 is 1.69 bits per heavy atom. The first-order chi connectivity index (χ1) is 17.0. The van der Waals surface area contributed by atoms with E-state index in [1.165, 1.54) is 6.33 Å². The van der Waals surface area contributed by atoms with Crippen LogP contribution in [0.3, 0.4) is 0 Å². The Kier molecular flexibility index (Phi) is 6.19. The van der Waals surface area contributed by atoms with Crippen molar-refractivity contribution in [2.75, 3.05) is 12.3 Å². The molecule has 0 amide bonds. The van der Waals surface area contributed by atoms with Crippen molar-refractivity contribution in [3.05, 3.63) is 83.6 Å². The molecule has 1 aliphatic heterocycles. The summed E-state index contributed by atoms with van der Waals surface area (Å²) in [5.41, 5.74) is 10.6. The molecule has 1 unspecified atom stereocenters. The van der Waals surface area contributed by atoms with Crippen molar-refractivity contribution in [3.8, 4) is 11.1 Å². The molecular formula is C26H25N5O4. The Hall–Kier alpha value is -3.81. The Labute approximate surface area is 201 Å². The van der Waals surface area contributed by atoms with Gasteiger partial charge >= 0.3 is 0 Å². The van der Waals surface area contributed by atoms with Gasteiger partial charge in [-0.25, -0.2) is 14.8 Å². The van der Waals surface area contributed by atoms with Crippen molar-refractivity contribution < 1.29 is 20.1 Å². The summed E-state index contributed by atoms with van der Waals surface area (Å²) >= 11 is 0. The zero-order chi connectivity index (χ0) is 24.5. The molecule has 9 heteroatoms. The van der Waals surface area contributed by atoms with Crippen LogP contribution in [0.1, 0.15) is 17.5 Å². The van der Waals surface area contributed by atoms with Gasteiger partial charge in [0, 0.05) is 5.69 Å². The third-order valence-electron chi connectivity index (χ3n) is 6.48. The smallest absolute Gasteiger partial charge is 0.220 e. The second-order valence-electron chi connectivity index (χ2n) is 8.53. The van der Waals surface area contributed by atoms with Crippen LogP contribution >= 0.6 is 0 Å². The fourth-order valence-electron chi connectivity index (χ4n) is 4.67. The number of nitrogen functional groups attached to an aromatic ring is 1. The van der Waals surface area contributed by atoms with Gasteiger partial charge in [-0.3, -0.25) is 0 Å². The largest absolute Gasteiger partial charge is 0.394 e. The number of hydrogen-bond acceptors (Lipinski definition) is 7. The van der Waals surface area contributed by atoms with Crippen LogP contribution in [-0.2, 0) is 17.6 Å². The van der Waals surface area contributed by atoms with E-state index in [9.17, 15) is 15.3 Å². The van der Waals surface area contributed by atoms with E-state index >= 15 is 0 Å². The van der Waals surface area contributed by atoms with E-state index in [-0.39, 0.29) is 11.5 Å². The molecule has 1 fully saturated rings. The van der Waals surface area contributed by atoms with Crippen molar-refractivity contribution >= 4 is 22.5 Å². The lowest BCUT2D eigenvalue weighted by Gasteiger charge is -2.21. The van der Waals surface area contributed by atoms with Crippen LogP contribution in [-0.4, -0.2) is 54.8 Å². The number of rotatable bonds is 6. The summed E-state index contributed by atoms with van der Waals surface area (Å²) in [4.78, 5) is 12.1. The molecule has 178 valence electrons. The molecule has 9 nitrogen and oxygen atoms in total. The fraction of sp³-hybridized carbons (Fsp3) is 0.269. The molecule has 5 N–H and O–H groups in total. The van der Waals surface area contributed by atoms with E-state index in [2.05, 4.69) is 39.1 Å². The second kappa shape index (κ2) is 9.44. The van der Waals surface area contributed by atoms with E-state index in [0.717, 1.165) is 16.7 Å². The number of nitrogens with zero attached hydrogens (tertiary/aromatic N) is 4.